The first kappa shape index (κ1) is 118. The van der Waals surface area contributed by atoms with Crippen LogP contribution < -0.4 is 30.3 Å². The number of aryl methyl sites for hydroxylation is 2. The number of amides is 1. The molecule has 1 N–H and O–H groups in total. The average molecular weight is 1850 g/mol. The van der Waals surface area contributed by atoms with E-state index in [2.05, 4.69) is 345 Å². The third kappa shape index (κ3) is 55.4. The highest BCUT2D eigenvalue weighted by Crippen LogP contribution is 2.24. The number of halogens is 1. The van der Waals surface area contributed by atoms with Gasteiger partial charge < -0.3 is 33.6 Å². The number of hydrogen-bond acceptors (Lipinski definition) is 11. The SMILES string of the molecule is CC(=O)NC(C)(C)C#CC(C)(C)C.CC(=O)c1ccc(OCC#CC(C)(C)C)cc1.CC(C)(C)C#CCOc1ccccc1.CC(C)(C)C#CCn1c(=O)oc2ccccc21.CC(C)(C)C#Cc1ccc(N2CCCCC2)cc1.CC(C)(C)C#Cn1nnc2ccccc21.CCN(CC)c1ccc(C#CC(C)(C)C)cc1.Cc1cc(C#CC(C)(C)C)ccc1F.Cn1cncc1C#CC(C)(C)C. The second-order valence-electron chi connectivity index (χ2n) is 43.0. The lowest BCUT2D eigenvalue weighted by atomic mass is 9.95. The Kier molecular flexibility index (Phi) is 47.9. The van der Waals surface area contributed by atoms with E-state index in [1.54, 1.807) is 78.1 Å². The Morgan fingerprint density at radius 2 is 0.912 bits per heavy atom. The zero-order valence-electron chi connectivity index (χ0n) is 89.3. The van der Waals surface area contributed by atoms with Gasteiger partial charge in [-0.3, -0.25) is 14.2 Å². The van der Waals surface area contributed by atoms with Crippen LogP contribution in [0.25, 0.3) is 22.1 Å². The van der Waals surface area contributed by atoms with E-state index >= 15 is 0 Å². The largest absolute Gasteiger partial charge is 0.481 e. The fourth-order valence-electron chi connectivity index (χ4n) is 11.2. The van der Waals surface area contributed by atoms with Gasteiger partial charge in [0.05, 0.1) is 30.1 Å². The zero-order valence-corrected chi connectivity index (χ0v) is 89.3. The van der Waals surface area contributed by atoms with Crippen molar-refractivity contribution in [3.63, 3.8) is 0 Å². The van der Waals surface area contributed by atoms with Crippen molar-refractivity contribution in [3.8, 4) is 118 Å². The number of para-hydroxylation sites is 4. The van der Waals surface area contributed by atoms with Crippen molar-refractivity contribution in [2.45, 2.75) is 267 Å². The van der Waals surface area contributed by atoms with Crippen LogP contribution in [0.1, 0.15) is 286 Å². The maximum Gasteiger partial charge on any atom is 0.420 e. The highest BCUT2D eigenvalue weighted by molar-refractivity contribution is 5.94. The summed E-state index contributed by atoms with van der Waals surface area (Å²) in [5.41, 5.74) is 11.0. The van der Waals surface area contributed by atoms with Gasteiger partial charge in [0.15, 0.2) is 11.4 Å². The van der Waals surface area contributed by atoms with Crippen molar-refractivity contribution >= 4 is 45.2 Å². The number of anilines is 2. The number of benzene rings is 7. The highest BCUT2D eigenvalue weighted by Gasteiger charge is 2.18. The quantitative estimate of drug-likeness (QED) is 0.0972. The van der Waals surface area contributed by atoms with Gasteiger partial charge in [-0.2, -0.15) is 4.68 Å². The average Bonchev–Trinajstić information content (AvgIpc) is 1.64. The molecular weight excluding hydrogens is 1690 g/mol. The summed E-state index contributed by atoms with van der Waals surface area (Å²) in [7, 11) is 1.94. The second kappa shape index (κ2) is 55.7. The van der Waals surface area contributed by atoms with E-state index in [0.717, 1.165) is 63.5 Å². The molecule has 4 heterocycles. The third-order valence-corrected chi connectivity index (χ3v) is 17.8. The number of Topliss-reactive ketones (excluding diaryl/α,β-unsaturated/α-hetero) is 1. The smallest absolute Gasteiger partial charge is 0.420 e. The molecule has 0 bridgehead atoms. The van der Waals surface area contributed by atoms with Crippen LogP contribution in [0, 0.1) is 168 Å². The molecule has 16 heteroatoms. The summed E-state index contributed by atoms with van der Waals surface area (Å²) in [4.78, 5) is 42.3. The van der Waals surface area contributed by atoms with Gasteiger partial charge in [-0.15, -0.1) is 5.10 Å². The van der Waals surface area contributed by atoms with Crippen molar-refractivity contribution < 1.29 is 27.9 Å². The summed E-state index contributed by atoms with van der Waals surface area (Å²) in [6.45, 7) is 74.8. The highest BCUT2D eigenvalue weighted by atomic mass is 19.1. The van der Waals surface area contributed by atoms with E-state index in [1.807, 2.05) is 140 Å². The van der Waals surface area contributed by atoms with E-state index in [1.165, 1.54) is 56.7 Å². The van der Waals surface area contributed by atoms with Gasteiger partial charge in [-0.25, -0.2) is 14.2 Å². The monoisotopic (exact) mass is 1850 g/mol. The van der Waals surface area contributed by atoms with Gasteiger partial charge in [0.2, 0.25) is 5.91 Å². The first-order valence-electron chi connectivity index (χ1n) is 47.2. The molecule has 728 valence electrons. The number of fused-ring (bicyclic) bond motifs is 2. The number of nitrogens with one attached hydrogen (secondary N) is 1. The maximum absolute atomic E-state index is 12.9. The minimum atomic E-state index is -0.431. The van der Waals surface area contributed by atoms with Crippen LogP contribution in [-0.2, 0) is 18.4 Å². The fraction of sp³-hybridized carbons (Fsp3) is 0.455. The lowest BCUT2D eigenvalue weighted by Gasteiger charge is -2.28. The van der Waals surface area contributed by atoms with Crippen molar-refractivity contribution in [1.29, 1.82) is 0 Å². The predicted molar refractivity (Wildman–Crippen MR) is 574 cm³/mol. The Bertz CT molecular complexity index is 6110. The number of hydrogen-bond donors (Lipinski definition) is 1. The molecule has 1 fully saturated rings. The van der Waals surface area contributed by atoms with Crippen LogP contribution in [0.3, 0.4) is 0 Å². The molecule has 10 aromatic rings. The number of piperidine rings is 1. The summed E-state index contributed by atoms with van der Waals surface area (Å²) < 4.78 is 34.0. The van der Waals surface area contributed by atoms with Gasteiger partial charge in [0, 0.05) is 129 Å². The molecular formula is C121H156FN9O6. The Hall–Kier alpha value is -13.3. The van der Waals surface area contributed by atoms with Crippen molar-refractivity contribution in [2.75, 3.05) is 49.2 Å². The Morgan fingerprint density at radius 3 is 1.37 bits per heavy atom. The number of ether oxygens (including phenoxy) is 2. The number of aromatic nitrogens is 6. The number of ketones is 1. The lowest BCUT2D eigenvalue weighted by molar-refractivity contribution is -0.120. The lowest BCUT2D eigenvalue weighted by Crippen LogP contribution is -2.41. The minimum absolute atomic E-state index is 0.00183. The summed E-state index contributed by atoms with van der Waals surface area (Å²) in [6, 6.07) is 57.1. The summed E-state index contributed by atoms with van der Waals surface area (Å²) >= 11 is 0. The van der Waals surface area contributed by atoms with Crippen LogP contribution in [0.15, 0.2) is 192 Å². The van der Waals surface area contributed by atoms with Crippen LogP contribution in [0.2, 0.25) is 0 Å². The first-order valence-corrected chi connectivity index (χ1v) is 47.2. The molecule has 7 aromatic carbocycles. The van der Waals surface area contributed by atoms with Crippen LogP contribution in [0.5, 0.6) is 11.5 Å². The standard InChI is InChI=1S/C17H23N.C16H23N.C15H18O2.C14H15NO2.C13H15F.C13H16O.C12H13N3.C11H19NO.C10H14N2/c1-17(2,3)12-11-15-7-9-16(10-8-15)18-13-5-4-6-14-18;1-6-17(7-2)15-10-8-14(9-11-15)12-13-16(3,4)5;1-12(16)13-6-8-14(9-7-13)17-11-5-10-15(2,3)4;1-14(2,3)9-6-10-15-11-7-4-5-8-12(11)17-13(15)16;1-10-9-11(5-6-12(10)14)7-8-13(2,3)4;1-13(2,3)10-7-11-14-12-8-5-4-6-9-12;1-12(2,3)8-9-15-11-7-5-4-6-10(11)13-14-15;1-9(13)12-11(5,6)8-7-10(2,3)4;1-10(2,3)6-5-9-7-11-8-12(9)4/h7-10H,4-6,13-14H2,1-3H3;8-11H,6-7H2,1-5H3;6-9H,11H2,1-4H3;4-5,7-8H,10H2,1-3H3;5-6,9H,1-4H3;4-6,8-9H,11H2,1-3H3;4-7H,1-3H3;1-6H3,(H,12,13);7-8H,1-4H3. The molecule has 137 heavy (non-hydrogen) atoms. The van der Waals surface area contributed by atoms with E-state index in [-0.39, 0.29) is 72.0 Å². The van der Waals surface area contributed by atoms with E-state index < -0.39 is 5.54 Å². The summed E-state index contributed by atoms with van der Waals surface area (Å²) in [6.07, 6.45) is 7.56. The van der Waals surface area contributed by atoms with Gasteiger partial charge in [-0.1, -0.05) is 142 Å². The second-order valence-corrected chi connectivity index (χ2v) is 43.0. The van der Waals surface area contributed by atoms with Gasteiger partial charge in [0.25, 0.3) is 0 Å². The molecule has 0 aliphatic carbocycles. The van der Waals surface area contributed by atoms with Crippen LogP contribution in [-0.4, -0.2) is 85.7 Å². The Morgan fingerprint density at radius 1 is 0.474 bits per heavy atom. The molecule has 1 amide bonds. The molecule has 15 nitrogen and oxygen atoms in total. The number of rotatable bonds is 11. The molecule has 3 aromatic heterocycles. The molecule has 0 saturated carbocycles. The number of nitrogens with zero attached hydrogens (tertiary/aromatic N) is 8. The molecule has 0 spiro atoms. The van der Waals surface area contributed by atoms with Crippen LogP contribution in [0.4, 0.5) is 15.8 Å². The van der Waals surface area contributed by atoms with Crippen molar-refractivity contribution in [3.05, 3.63) is 232 Å². The van der Waals surface area contributed by atoms with E-state index in [0.29, 0.717) is 36.5 Å². The minimum Gasteiger partial charge on any atom is -0.481 e. The first-order chi connectivity index (χ1) is 63.5. The topological polar surface area (TPSA) is 155 Å². The van der Waals surface area contributed by atoms with E-state index in [4.69, 9.17) is 13.9 Å². The molecule has 1 aliphatic heterocycles. The zero-order chi connectivity index (χ0) is 103. The molecule has 1 aliphatic rings. The van der Waals surface area contributed by atoms with Gasteiger partial charge in [0.1, 0.15) is 47.3 Å². The molecule has 0 atom stereocenters. The Balaban J connectivity index is 0.000000398. The number of carbonyl (C=O) groups is 2. The predicted octanol–water partition coefficient (Wildman–Crippen LogP) is 26.7. The molecule has 11 rings (SSSR count). The van der Waals surface area contributed by atoms with Crippen molar-refractivity contribution in [2.24, 2.45) is 55.8 Å². The van der Waals surface area contributed by atoms with Gasteiger partial charge >= 0.3 is 5.76 Å². The third-order valence-electron chi connectivity index (χ3n) is 17.8. The molecule has 0 unspecified atom stereocenters. The van der Waals surface area contributed by atoms with E-state index in [9.17, 15) is 18.8 Å². The van der Waals surface area contributed by atoms with Crippen molar-refractivity contribution in [1.82, 2.24) is 34.4 Å². The van der Waals surface area contributed by atoms with Gasteiger partial charge in [-0.05, 0) is 387 Å². The normalized spacial score (nSPS) is 11.5. The number of imidazole rings is 1. The number of carbonyl (C=O) groups excluding carboxylic acids is 2. The fourth-order valence-corrected chi connectivity index (χ4v) is 11.2. The summed E-state index contributed by atoms with van der Waals surface area (Å²) in [5.74, 6) is 54.0. The molecule has 0 radical (unpaired) electrons. The van der Waals surface area contributed by atoms with Crippen LogP contribution >= 0.6 is 0 Å². The number of oxazole rings is 1. The maximum atomic E-state index is 12.9. The Labute approximate surface area is 824 Å². The molecule has 1 saturated heterocycles. The summed E-state index contributed by atoms with van der Waals surface area (Å²) in [5, 5.41) is 10.8.